The first kappa shape index (κ1) is 16.8. The van der Waals surface area contributed by atoms with E-state index in [2.05, 4.69) is 0 Å². The van der Waals surface area contributed by atoms with Gasteiger partial charge in [-0.25, -0.2) is 0 Å². The van der Waals surface area contributed by atoms with Crippen LogP contribution in [0.4, 0.5) is 0 Å². The molecule has 0 saturated carbocycles. The van der Waals surface area contributed by atoms with Crippen LogP contribution in [0.15, 0.2) is 24.3 Å². The predicted molar refractivity (Wildman–Crippen MR) is 82.3 cm³/mol. The fraction of sp³-hybridized carbons (Fsp3) is 0.533. The van der Waals surface area contributed by atoms with Crippen molar-refractivity contribution < 1.29 is 9.53 Å². The Bertz CT molecular complexity index is 436. The number of aryl methyl sites for hydroxylation is 1. The quantitative estimate of drug-likeness (QED) is 0.930. The number of carbonyl (C=O) groups is 1. The van der Waals surface area contributed by atoms with Crippen molar-refractivity contribution in [3.8, 4) is 5.75 Å². The first-order valence-corrected chi connectivity index (χ1v) is 6.84. The summed E-state index contributed by atoms with van der Waals surface area (Å²) in [6, 6.07) is 7.83. The number of carbonyl (C=O) groups excluding carboxylic acids is 1. The Kier molecular flexibility index (Phi) is 6.30. The van der Waals surface area contributed by atoms with Gasteiger partial charge in [-0.3, -0.25) is 4.79 Å². The number of hydrogen-bond donors (Lipinski definition) is 1. The second kappa shape index (κ2) is 7.50. The molecular weight excluding hydrogens is 276 g/mol. The molecule has 0 aromatic heterocycles. The smallest absolute Gasteiger partial charge is 0.263 e. The second-order valence-electron chi connectivity index (χ2n) is 5.26. The molecule has 20 heavy (non-hydrogen) atoms. The normalized spacial score (nSPS) is 19.9. The molecule has 1 aliphatic rings. The molecule has 5 heteroatoms. The van der Waals surface area contributed by atoms with Crippen LogP contribution in [-0.2, 0) is 4.79 Å². The highest BCUT2D eigenvalue weighted by Crippen LogP contribution is 2.16. The van der Waals surface area contributed by atoms with Crippen molar-refractivity contribution in [3.63, 3.8) is 0 Å². The number of amides is 1. The van der Waals surface area contributed by atoms with Gasteiger partial charge in [0.05, 0.1) is 0 Å². The Hall–Kier alpha value is -1.26. The van der Waals surface area contributed by atoms with Crippen molar-refractivity contribution in [2.75, 3.05) is 13.1 Å². The average molecular weight is 299 g/mol. The van der Waals surface area contributed by atoms with Crippen LogP contribution >= 0.6 is 12.4 Å². The third kappa shape index (κ3) is 4.39. The summed E-state index contributed by atoms with van der Waals surface area (Å²) in [4.78, 5) is 14.1. The van der Waals surface area contributed by atoms with Gasteiger partial charge in [0.15, 0.2) is 6.10 Å². The van der Waals surface area contributed by atoms with Crippen LogP contribution in [0.3, 0.4) is 0 Å². The molecule has 4 nitrogen and oxygen atoms in total. The number of rotatable bonds is 3. The van der Waals surface area contributed by atoms with Gasteiger partial charge in [-0.05, 0) is 38.8 Å². The summed E-state index contributed by atoms with van der Waals surface area (Å²) in [6.07, 6.45) is 1.51. The van der Waals surface area contributed by atoms with E-state index in [0.29, 0.717) is 6.54 Å². The maximum Gasteiger partial charge on any atom is 0.263 e. The molecule has 1 aromatic carbocycles. The minimum Gasteiger partial charge on any atom is -0.481 e. The molecule has 1 aliphatic heterocycles. The highest BCUT2D eigenvalue weighted by molar-refractivity contribution is 5.85. The fourth-order valence-corrected chi connectivity index (χ4v) is 2.34. The van der Waals surface area contributed by atoms with E-state index in [1.165, 1.54) is 5.56 Å². The van der Waals surface area contributed by atoms with Crippen molar-refractivity contribution in [2.24, 2.45) is 5.73 Å². The Balaban J connectivity index is 0.00000200. The minimum absolute atomic E-state index is 0. The van der Waals surface area contributed by atoms with Crippen molar-refractivity contribution in [2.45, 2.75) is 38.8 Å². The van der Waals surface area contributed by atoms with Crippen LogP contribution in [0.2, 0.25) is 0 Å². The van der Waals surface area contributed by atoms with Gasteiger partial charge in [0.1, 0.15) is 5.75 Å². The van der Waals surface area contributed by atoms with Crippen molar-refractivity contribution in [3.05, 3.63) is 29.8 Å². The van der Waals surface area contributed by atoms with Crippen molar-refractivity contribution >= 4 is 18.3 Å². The van der Waals surface area contributed by atoms with E-state index in [1.54, 1.807) is 6.92 Å². The maximum atomic E-state index is 12.3. The van der Waals surface area contributed by atoms with Crippen LogP contribution in [0, 0.1) is 6.92 Å². The van der Waals surface area contributed by atoms with E-state index in [-0.39, 0.29) is 24.4 Å². The Morgan fingerprint density at radius 3 is 2.65 bits per heavy atom. The average Bonchev–Trinajstić information content (AvgIpc) is 2.40. The molecule has 2 atom stereocenters. The molecule has 0 aliphatic carbocycles. The maximum absolute atomic E-state index is 12.3. The van der Waals surface area contributed by atoms with Gasteiger partial charge in [-0.1, -0.05) is 17.7 Å². The van der Waals surface area contributed by atoms with Crippen molar-refractivity contribution in [1.29, 1.82) is 0 Å². The lowest BCUT2D eigenvalue weighted by Crippen LogP contribution is -2.49. The topological polar surface area (TPSA) is 55.6 Å². The SMILES string of the molecule is Cc1ccc(OC(C)C(=O)N2CCCC(N)C2)cc1.Cl. The Morgan fingerprint density at radius 2 is 2.05 bits per heavy atom. The van der Waals surface area contributed by atoms with Gasteiger partial charge < -0.3 is 15.4 Å². The van der Waals surface area contributed by atoms with E-state index in [1.807, 2.05) is 36.1 Å². The number of ether oxygens (including phenoxy) is 1. The number of halogens is 1. The number of hydrogen-bond acceptors (Lipinski definition) is 3. The lowest BCUT2D eigenvalue weighted by molar-refractivity contribution is -0.139. The fourth-order valence-electron chi connectivity index (χ4n) is 2.34. The molecule has 0 bridgehead atoms. The third-order valence-corrected chi connectivity index (χ3v) is 3.45. The van der Waals surface area contributed by atoms with E-state index in [9.17, 15) is 4.79 Å². The summed E-state index contributed by atoms with van der Waals surface area (Å²) in [5, 5.41) is 0. The van der Waals surface area contributed by atoms with Crippen LogP contribution in [0.25, 0.3) is 0 Å². The molecule has 1 amide bonds. The van der Waals surface area contributed by atoms with E-state index in [4.69, 9.17) is 10.5 Å². The molecule has 1 saturated heterocycles. The van der Waals surface area contributed by atoms with Gasteiger partial charge in [-0.15, -0.1) is 12.4 Å². The number of nitrogens with zero attached hydrogens (tertiary/aromatic N) is 1. The molecule has 0 spiro atoms. The molecule has 2 rings (SSSR count). The summed E-state index contributed by atoms with van der Waals surface area (Å²) in [6.45, 7) is 5.24. The standard InChI is InChI=1S/C15H22N2O2.ClH/c1-11-5-7-14(8-6-11)19-12(2)15(18)17-9-3-4-13(16)10-17;/h5-8,12-13H,3-4,9-10,16H2,1-2H3;1H. The van der Waals surface area contributed by atoms with Gasteiger partial charge in [-0.2, -0.15) is 0 Å². The second-order valence-corrected chi connectivity index (χ2v) is 5.26. The molecule has 1 heterocycles. The van der Waals surface area contributed by atoms with Gasteiger partial charge in [0, 0.05) is 19.1 Å². The highest BCUT2D eigenvalue weighted by Gasteiger charge is 2.26. The third-order valence-electron chi connectivity index (χ3n) is 3.45. The summed E-state index contributed by atoms with van der Waals surface area (Å²) >= 11 is 0. The largest absolute Gasteiger partial charge is 0.481 e. The lowest BCUT2D eigenvalue weighted by Gasteiger charge is -2.32. The summed E-state index contributed by atoms with van der Waals surface area (Å²) in [5.41, 5.74) is 7.07. The molecule has 1 fully saturated rings. The number of piperidine rings is 1. The Morgan fingerprint density at radius 1 is 1.40 bits per heavy atom. The summed E-state index contributed by atoms with van der Waals surface area (Å²) < 4.78 is 5.69. The predicted octanol–water partition coefficient (Wildman–Crippen LogP) is 2.13. The summed E-state index contributed by atoms with van der Waals surface area (Å²) in [7, 11) is 0. The zero-order valence-corrected chi connectivity index (χ0v) is 12.9. The van der Waals surface area contributed by atoms with Crippen LogP contribution in [0.1, 0.15) is 25.3 Å². The number of nitrogens with two attached hydrogens (primary N) is 1. The lowest BCUT2D eigenvalue weighted by atomic mass is 10.1. The zero-order valence-electron chi connectivity index (χ0n) is 12.0. The van der Waals surface area contributed by atoms with E-state index < -0.39 is 6.10 Å². The molecule has 2 N–H and O–H groups in total. The molecular formula is C15H23ClN2O2. The monoisotopic (exact) mass is 298 g/mol. The number of benzene rings is 1. The molecule has 2 unspecified atom stereocenters. The van der Waals surface area contributed by atoms with E-state index in [0.717, 1.165) is 25.1 Å². The van der Waals surface area contributed by atoms with Crippen molar-refractivity contribution in [1.82, 2.24) is 4.90 Å². The molecule has 1 aromatic rings. The molecule has 112 valence electrons. The van der Waals surface area contributed by atoms with Gasteiger partial charge in [0.25, 0.3) is 5.91 Å². The highest BCUT2D eigenvalue weighted by atomic mass is 35.5. The Labute approximate surface area is 126 Å². The molecule has 0 radical (unpaired) electrons. The van der Waals surface area contributed by atoms with Crippen LogP contribution in [0.5, 0.6) is 5.75 Å². The van der Waals surface area contributed by atoms with Gasteiger partial charge in [0.2, 0.25) is 0 Å². The number of likely N-dealkylation sites (tertiary alicyclic amines) is 1. The summed E-state index contributed by atoms with van der Waals surface area (Å²) in [5.74, 6) is 0.753. The zero-order chi connectivity index (χ0) is 13.8. The van der Waals surface area contributed by atoms with Crippen LogP contribution < -0.4 is 10.5 Å². The first-order chi connectivity index (χ1) is 9.06. The minimum atomic E-state index is -0.465. The van der Waals surface area contributed by atoms with Gasteiger partial charge >= 0.3 is 0 Å². The van der Waals surface area contributed by atoms with Crippen LogP contribution in [-0.4, -0.2) is 36.0 Å². The first-order valence-electron chi connectivity index (χ1n) is 6.84. The van der Waals surface area contributed by atoms with E-state index >= 15 is 0 Å².